The van der Waals surface area contributed by atoms with Gasteiger partial charge in [-0.2, -0.15) is 5.26 Å². The smallest absolute Gasteiger partial charge is 0.243 e. The van der Waals surface area contributed by atoms with Crippen molar-refractivity contribution in [1.82, 2.24) is 36.9 Å². The number of H-pyrrole nitrogens is 1. The Labute approximate surface area is 428 Å². The van der Waals surface area contributed by atoms with Crippen molar-refractivity contribution in [3.8, 4) is 6.07 Å². The van der Waals surface area contributed by atoms with E-state index in [2.05, 4.69) is 46.9 Å². The van der Waals surface area contributed by atoms with Crippen LogP contribution in [0.25, 0.3) is 10.9 Å². The van der Waals surface area contributed by atoms with Crippen LogP contribution in [0.15, 0.2) is 64.7 Å². The first kappa shape index (κ1) is 58.2. The lowest BCUT2D eigenvalue weighted by molar-refractivity contribution is -0.135. The summed E-state index contributed by atoms with van der Waals surface area (Å²) in [6, 6.07) is 9.25. The quantitative estimate of drug-likeness (QED) is 0.0452. The molecule has 0 bridgehead atoms. The van der Waals surface area contributed by atoms with E-state index in [1.807, 2.05) is 30.3 Å². The molecule has 7 atom stereocenters. The zero-order valence-corrected chi connectivity index (χ0v) is 41.7. The van der Waals surface area contributed by atoms with Crippen molar-refractivity contribution >= 4 is 75.7 Å². The molecule has 1 aromatic heterocycles. The van der Waals surface area contributed by atoms with Gasteiger partial charge >= 0.3 is 0 Å². The van der Waals surface area contributed by atoms with Crippen LogP contribution in [0, 0.1) is 23.2 Å². The fraction of sp³-hybridized carbons (Fsp3) is 0.480. The highest BCUT2D eigenvalue weighted by Crippen LogP contribution is 2.26. The number of aliphatic imine (C=N–C) groups is 2. The van der Waals surface area contributed by atoms with Gasteiger partial charge in [-0.05, 0) is 94.0 Å². The molecule has 7 amide bonds. The minimum Gasteiger partial charge on any atom is -0.370 e. The molecule has 24 nitrogen and oxygen atoms in total. The normalized spacial score (nSPS) is 21.3. The van der Waals surface area contributed by atoms with E-state index in [4.69, 9.17) is 28.7 Å². The molecular formula is C50H69N15O9. The monoisotopic (exact) mass is 1020 g/mol. The molecule has 24 heteroatoms. The molecule has 2 heterocycles. The average molecular weight is 1020 g/mol. The number of nitrogens with zero attached hydrogens (tertiary/aromatic N) is 3. The molecular weight excluding hydrogens is 955 g/mol. The van der Waals surface area contributed by atoms with Crippen molar-refractivity contribution in [2.24, 2.45) is 50.5 Å². The Bertz CT molecular complexity index is 2580. The first-order chi connectivity index (χ1) is 35.2. The SMILES string of the molecule is CC(=O)N[C@@H](CCCN=C(N)N)C(=O)N[C@H]1CCC(=O)NCCC[C@@H](C(N)=O)NC(=O)[C@H](Cc2c[nH]c3ccccc23)CC(=O)[C@H](CCCN=C(N)N)CC(=O)[C@@H](Cc2ccc(C#N)cc2)NC(=O)[C@H](C)NC1=O. The van der Waals surface area contributed by atoms with E-state index in [1.165, 1.54) is 26.0 Å². The number of benzene rings is 2. The van der Waals surface area contributed by atoms with Crippen LogP contribution in [0.5, 0.6) is 0 Å². The third-order valence-electron chi connectivity index (χ3n) is 12.4. The van der Waals surface area contributed by atoms with Crippen LogP contribution < -0.4 is 60.6 Å². The lowest BCUT2D eigenvalue weighted by atomic mass is 9.83. The summed E-state index contributed by atoms with van der Waals surface area (Å²) in [6.07, 6.45) is 1.10. The largest absolute Gasteiger partial charge is 0.370 e. The first-order valence-corrected chi connectivity index (χ1v) is 24.5. The van der Waals surface area contributed by atoms with Gasteiger partial charge in [-0.1, -0.05) is 30.3 Å². The molecule has 3 aromatic rings. The lowest BCUT2D eigenvalue weighted by Crippen LogP contribution is -2.57. The number of carbonyl (C=O) groups is 9. The van der Waals surface area contributed by atoms with Crippen molar-refractivity contribution in [3.63, 3.8) is 0 Å². The Morgan fingerprint density at radius 1 is 0.797 bits per heavy atom. The molecule has 74 heavy (non-hydrogen) atoms. The van der Waals surface area contributed by atoms with Crippen LogP contribution in [0.4, 0.5) is 0 Å². The van der Waals surface area contributed by atoms with Crippen LogP contribution in [-0.4, -0.2) is 120 Å². The van der Waals surface area contributed by atoms with Gasteiger partial charge in [0.05, 0.1) is 17.7 Å². The van der Waals surface area contributed by atoms with Crippen molar-refractivity contribution in [1.29, 1.82) is 5.26 Å². The van der Waals surface area contributed by atoms with E-state index in [9.17, 15) is 48.4 Å². The van der Waals surface area contributed by atoms with Gasteiger partial charge in [-0.15, -0.1) is 0 Å². The number of guanidine groups is 2. The van der Waals surface area contributed by atoms with E-state index < -0.39 is 101 Å². The van der Waals surface area contributed by atoms with Gasteiger partial charge in [0, 0.05) is 74.8 Å². The summed E-state index contributed by atoms with van der Waals surface area (Å²) >= 11 is 0. The predicted octanol–water partition coefficient (Wildman–Crippen LogP) is -1.28. The van der Waals surface area contributed by atoms with Crippen molar-refractivity contribution in [3.05, 3.63) is 71.4 Å². The number of rotatable bonds is 16. The van der Waals surface area contributed by atoms with Gasteiger partial charge in [0.2, 0.25) is 41.4 Å². The molecule has 2 aromatic carbocycles. The fourth-order valence-corrected chi connectivity index (χ4v) is 8.45. The van der Waals surface area contributed by atoms with Crippen LogP contribution in [0.3, 0.4) is 0 Å². The molecule has 0 saturated carbocycles. The number of carbonyl (C=O) groups excluding carboxylic acids is 9. The molecule has 1 fully saturated rings. The molecule has 0 aliphatic carbocycles. The second-order valence-electron chi connectivity index (χ2n) is 18.3. The topological polar surface area (TPSA) is 420 Å². The number of nitrogens with one attached hydrogen (secondary N) is 7. The molecule has 1 aliphatic rings. The third kappa shape index (κ3) is 19.3. The lowest BCUT2D eigenvalue weighted by Gasteiger charge is -2.26. The van der Waals surface area contributed by atoms with Gasteiger partial charge in [0.25, 0.3) is 0 Å². The summed E-state index contributed by atoms with van der Waals surface area (Å²) in [4.78, 5) is 135. The minimum atomic E-state index is -1.44. The number of para-hydroxylation sites is 1. The van der Waals surface area contributed by atoms with E-state index in [0.717, 1.165) is 10.9 Å². The number of hydrogen-bond donors (Lipinski definition) is 12. The second kappa shape index (κ2) is 29.2. The molecule has 17 N–H and O–H groups in total. The van der Waals surface area contributed by atoms with Gasteiger partial charge in [0.15, 0.2) is 17.7 Å². The maximum atomic E-state index is 14.7. The number of ketones is 2. The minimum absolute atomic E-state index is 0.00855. The first-order valence-electron chi connectivity index (χ1n) is 24.5. The van der Waals surface area contributed by atoms with E-state index in [-0.39, 0.29) is 102 Å². The van der Waals surface area contributed by atoms with E-state index >= 15 is 0 Å². The summed E-state index contributed by atoms with van der Waals surface area (Å²) in [5, 5.41) is 26.1. The number of amides is 7. The van der Waals surface area contributed by atoms with Gasteiger partial charge in [0.1, 0.15) is 30.0 Å². The fourth-order valence-electron chi connectivity index (χ4n) is 8.45. The standard InChI is InChI=1S/C50H69N15O9/c1-28-45(71)65-40(22-30-13-15-31(26-51)16-14-30)42(68)24-32(8-5-20-58-49(53)54)41(67)25-33(23-34-27-60-36-10-4-3-9-35(34)36)46(72)63-37(44(52)70)11-6-19-57-43(69)18-17-39(47(73)61-28)64-48(74)38(62-29(2)66)12-7-21-59-50(55)56/h3-4,9-10,13-16,27-28,32-33,37-40,60H,5-8,11-12,17-25H2,1-2H3,(H2,52,70)(H,57,69)(H,61,73)(H,62,66)(H,63,72)(H,64,74)(H,65,71)(H4,53,54,58)(H4,55,56,59)/t28-,32+,33+,37-,38-,39-,40+/m0/s1. The van der Waals surface area contributed by atoms with E-state index in [1.54, 1.807) is 18.3 Å². The third-order valence-corrected chi connectivity index (χ3v) is 12.4. The maximum absolute atomic E-state index is 14.7. The van der Waals surface area contributed by atoms with Gasteiger partial charge < -0.3 is 65.6 Å². The highest BCUT2D eigenvalue weighted by atomic mass is 16.2. The Hall–Kier alpha value is -8.36. The molecule has 398 valence electrons. The van der Waals surface area contributed by atoms with Crippen molar-refractivity contribution in [2.75, 3.05) is 19.6 Å². The number of aromatic amines is 1. The number of aromatic nitrogens is 1. The predicted molar refractivity (Wildman–Crippen MR) is 275 cm³/mol. The van der Waals surface area contributed by atoms with E-state index in [0.29, 0.717) is 16.7 Å². The summed E-state index contributed by atoms with van der Waals surface area (Å²) in [6.45, 7) is 2.80. The molecule has 0 radical (unpaired) electrons. The highest BCUT2D eigenvalue weighted by molar-refractivity contribution is 5.98. The summed E-state index contributed by atoms with van der Waals surface area (Å²) in [5.74, 6) is -8.58. The van der Waals surface area contributed by atoms with Gasteiger partial charge in [-0.3, -0.25) is 53.1 Å². The van der Waals surface area contributed by atoms with Crippen LogP contribution in [0.2, 0.25) is 0 Å². The Morgan fingerprint density at radius 2 is 1.47 bits per heavy atom. The Kier molecular flexibility index (Phi) is 23.0. The number of Topliss-reactive ketones (excluding diaryl/α,β-unsaturated/α-hetero) is 2. The molecule has 0 spiro atoms. The summed E-state index contributed by atoms with van der Waals surface area (Å²) in [7, 11) is 0. The zero-order chi connectivity index (χ0) is 54.3. The molecule has 1 saturated heterocycles. The molecule has 0 unspecified atom stereocenters. The van der Waals surface area contributed by atoms with Crippen LogP contribution in [0.1, 0.15) is 94.7 Å². The Morgan fingerprint density at radius 3 is 2.14 bits per heavy atom. The highest BCUT2D eigenvalue weighted by Gasteiger charge is 2.34. The number of nitriles is 1. The molecule has 1 aliphatic heterocycles. The van der Waals surface area contributed by atoms with Crippen molar-refractivity contribution < 1.29 is 43.2 Å². The Balaban J connectivity index is 1.74. The van der Waals surface area contributed by atoms with Gasteiger partial charge in [-0.25, -0.2) is 0 Å². The summed E-state index contributed by atoms with van der Waals surface area (Å²) in [5.41, 5.74) is 30.2. The maximum Gasteiger partial charge on any atom is 0.243 e. The van der Waals surface area contributed by atoms with Crippen LogP contribution in [-0.2, 0) is 56.0 Å². The summed E-state index contributed by atoms with van der Waals surface area (Å²) < 4.78 is 0. The number of nitrogens with two attached hydrogens (primary N) is 5. The number of fused-ring (bicyclic) bond motifs is 1. The van der Waals surface area contributed by atoms with Crippen LogP contribution >= 0.6 is 0 Å². The number of hydrogen-bond acceptors (Lipinski definition) is 12. The average Bonchev–Trinajstić information content (AvgIpc) is 3.76. The molecule has 4 rings (SSSR count). The number of primary amides is 1. The second-order valence-corrected chi connectivity index (χ2v) is 18.3. The zero-order valence-electron chi connectivity index (χ0n) is 41.7. The van der Waals surface area contributed by atoms with Crippen molar-refractivity contribution in [2.45, 2.75) is 121 Å².